The fourth-order valence-corrected chi connectivity index (χ4v) is 4.22. The molecule has 0 unspecified atom stereocenters. The molecule has 1 heterocycles. The van der Waals surface area contributed by atoms with Crippen LogP contribution in [0.25, 0.3) is 11.0 Å². The third-order valence-electron chi connectivity index (χ3n) is 6.07. The van der Waals surface area contributed by atoms with E-state index < -0.39 is 0 Å². The predicted octanol–water partition coefficient (Wildman–Crippen LogP) is 4.43. The van der Waals surface area contributed by atoms with Gasteiger partial charge in [-0.2, -0.15) is 0 Å². The minimum absolute atomic E-state index is 0.0348. The van der Waals surface area contributed by atoms with Crippen LogP contribution in [0.1, 0.15) is 17.8 Å². The summed E-state index contributed by atoms with van der Waals surface area (Å²) in [5, 5.41) is 3.01. The summed E-state index contributed by atoms with van der Waals surface area (Å²) in [6.45, 7) is 1.73. The van der Waals surface area contributed by atoms with Crippen LogP contribution < -0.4 is 24.3 Å². The van der Waals surface area contributed by atoms with Crippen molar-refractivity contribution in [1.29, 1.82) is 0 Å². The number of nitrogens with zero attached hydrogens (tertiary/aromatic N) is 2. The fourth-order valence-electron chi connectivity index (χ4n) is 4.22. The highest BCUT2D eigenvalue weighted by Gasteiger charge is 2.12. The molecule has 8 heteroatoms. The van der Waals surface area contributed by atoms with E-state index in [1.807, 2.05) is 60.7 Å². The van der Waals surface area contributed by atoms with E-state index in [0.717, 1.165) is 46.8 Å². The molecule has 1 aromatic heterocycles. The van der Waals surface area contributed by atoms with Gasteiger partial charge in [-0.25, -0.2) is 4.98 Å². The molecule has 0 saturated heterocycles. The molecular formula is C29H33N3O5. The van der Waals surface area contributed by atoms with E-state index >= 15 is 0 Å². The van der Waals surface area contributed by atoms with E-state index in [2.05, 4.69) is 16.0 Å². The lowest BCUT2D eigenvalue weighted by atomic mass is 10.1. The Kier molecular flexibility index (Phi) is 8.86. The maximum absolute atomic E-state index is 12.5. The van der Waals surface area contributed by atoms with Gasteiger partial charge in [0, 0.05) is 19.0 Å². The van der Waals surface area contributed by atoms with Crippen molar-refractivity contribution in [3.05, 3.63) is 78.1 Å². The van der Waals surface area contributed by atoms with Crippen LogP contribution in [0.3, 0.4) is 0 Å². The maximum Gasteiger partial charge on any atom is 0.224 e. The summed E-state index contributed by atoms with van der Waals surface area (Å²) < 4.78 is 24.0. The van der Waals surface area contributed by atoms with Gasteiger partial charge in [0.05, 0.1) is 45.3 Å². The quantitative estimate of drug-likeness (QED) is 0.272. The van der Waals surface area contributed by atoms with E-state index in [0.29, 0.717) is 31.2 Å². The van der Waals surface area contributed by atoms with Crippen LogP contribution in [-0.4, -0.2) is 49.9 Å². The Morgan fingerprint density at radius 2 is 1.70 bits per heavy atom. The number of aromatic nitrogens is 2. The molecule has 0 bridgehead atoms. The van der Waals surface area contributed by atoms with Crippen LogP contribution in [-0.2, 0) is 24.2 Å². The van der Waals surface area contributed by atoms with E-state index in [4.69, 9.17) is 23.9 Å². The summed E-state index contributed by atoms with van der Waals surface area (Å²) in [5.41, 5.74) is 2.90. The van der Waals surface area contributed by atoms with Gasteiger partial charge in [-0.3, -0.25) is 4.79 Å². The Bertz CT molecular complexity index is 1330. The first kappa shape index (κ1) is 25.9. The minimum atomic E-state index is -0.0348. The number of benzene rings is 3. The molecule has 0 aliphatic carbocycles. The Morgan fingerprint density at radius 1 is 0.892 bits per heavy atom. The van der Waals surface area contributed by atoms with Gasteiger partial charge in [0.15, 0.2) is 11.5 Å². The molecule has 0 saturated carbocycles. The molecule has 37 heavy (non-hydrogen) atoms. The van der Waals surface area contributed by atoms with E-state index in [9.17, 15) is 4.79 Å². The molecule has 4 aromatic rings. The zero-order valence-electron chi connectivity index (χ0n) is 21.5. The van der Waals surface area contributed by atoms with Gasteiger partial charge in [0.2, 0.25) is 5.91 Å². The van der Waals surface area contributed by atoms with Gasteiger partial charge in [-0.15, -0.1) is 0 Å². The summed E-state index contributed by atoms with van der Waals surface area (Å²) in [7, 11) is 4.81. The summed E-state index contributed by atoms with van der Waals surface area (Å²) in [6.07, 6.45) is 1.79. The van der Waals surface area contributed by atoms with Crippen molar-refractivity contribution < 1.29 is 23.7 Å². The largest absolute Gasteiger partial charge is 0.497 e. The van der Waals surface area contributed by atoms with Crippen molar-refractivity contribution >= 4 is 16.9 Å². The fraction of sp³-hybridized carbons (Fsp3) is 0.310. The molecule has 194 valence electrons. The number of hydrogen-bond donors (Lipinski definition) is 1. The molecule has 0 aliphatic heterocycles. The van der Waals surface area contributed by atoms with Crippen LogP contribution >= 0.6 is 0 Å². The third kappa shape index (κ3) is 6.73. The molecule has 8 nitrogen and oxygen atoms in total. The topological polar surface area (TPSA) is 83.8 Å². The number of fused-ring (bicyclic) bond motifs is 1. The number of carbonyl (C=O) groups is 1. The Balaban J connectivity index is 1.31. The highest BCUT2D eigenvalue weighted by atomic mass is 16.5. The first-order valence-electron chi connectivity index (χ1n) is 12.3. The smallest absolute Gasteiger partial charge is 0.224 e. The minimum Gasteiger partial charge on any atom is -0.497 e. The molecule has 0 spiro atoms. The second-order valence-electron chi connectivity index (χ2n) is 8.52. The molecule has 1 amide bonds. The number of hydrogen-bond acceptors (Lipinski definition) is 6. The molecule has 4 rings (SSSR count). The summed E-state index contributed by atoms with van der Waals surface area (Å²) in [5.74, 6) is 3.73. The van der Waals surface area contributed by atoms with Crippen LogP contribution in [0.15, 0.2) is 66.7 Å². The predicted molar refractivity (Wildman–Crippen MR) is 143 cm³/mol. The van der Waals surface area contributed by atoms with Crippen molar-refractivity contribution in [3.63, 3.8) is 0 Å². The SMILES string of the molecule is COc1cccc(OCCn2c(CCCNC(=O)Cc3ccc(OC)c(OC)c3)nc3ccccc32)c1. The van der Waals surface area contributed by atoms with Crippen molar-refractivity contribution in [1.82, 2.24) is 14.9 Å². The van der Waals surface area contributed by atoms with E-state index in [1.165, 1.54) is 0 Å². The summed E-state index contributed by atoms with van der Waals surface area (Å²) in [4.78, 5) is 17.3. The number of methoxy groups -OCH3 is 3. The zero-order valence-corrected chi connectivity index (χ0v) is 21.5. The number of rotatable bonds is 13. The lowest BCUT2D eigenvalue weighted by molar-refractivity contribution is -0.120. The standard InChI is InChI=1S/C29H33N3O5/c1-34-22-8-6-9-23(20-22)37-17-16-32-25-11-5-4-10-24(25)31-28(32)12-7-15-30-29(33)19-21-13-14-26(35-2)27(18-21)36-3/h4-6,8-11,13-14,18,20H,7,12,15-17,19H2,1-3H3,(H,30,33). The second kappa shape index (κ2) is 12.7. The molecule has 0 radical (unpaired) electrons. The first-order chi connectivity index (χ1) is 18.1. The lowest BCUT2D eigenvalue weighted by Gasteiger charge is -2.12. The monoisotopic (exact) mass is 503 g/mol. The van der Waals surface area contributed by atoms with Crippen LogP contribution in [0, 0.1) is 0 Å². The third-order valence-corrected chi connectivity index (χ3v) is 6.07. The zero-order chi connectivity index (χ0) is 26.0. The average molecular weight is 504 g/mol. The number of imidazole rings is 1. The summed E-state index contributed by atoms with van der Waals surface area (Å²) >= 11 is 0. The Morgan fingerprint density at radius 3 is 2.51 bits per heavy atom. The number of aryl methyl sites for hydroxylation is 1. The molecule has 0 fully saturated rings. The average Bonchev–Trinajstić information content (AvgIpc) is 3.28. The van der Waals surface area contributed by atoms with Gasteiger partial charge < -0.3 is 28.8 Å². The van der Waals surface area contributed by atoms with Crippen LogP contribution in [0.5, 0.6) is 23.0 Å². The van der Waals surface area contributed by atoms with Crippen molar-refractivity contribution in [2.45, 2.75) is 25.8 Å². The van der Waals surface area contributed by atoms with E-state index in [-0.39, 0.29) is 12.3 Å². The van der Waals surface area contributed by atoms with Gasteiger partial charge in [0.25, 0.3) is 0 Å². The molecule has 3 aromatic carbocycles. The highest BCUT2D eigenvalue weighted by Crippen LogP contribution is 2.27. The highest BCUT2D eigenvalue weighted by molar-refractivity contribution is 5.79. The van der Waals surface area contributed by atoms with Gasteiger partial charge in [-0.05, 0) is 48.4 Å². The van der Waals surface area contributed by atoms with Gasteiger partial charge >= 0.3 is 0 Å². The Labute approximate surface area is 217 Å². The normalized spacial score (nSPS) is 10.8. The van der Waals surface area contributed by atoms with Crippen molar-refractivity contribution in [2.75, 3.05) is 34.5 Å². The van der Waals surface area contributed by atoms with Crippen molar-refractivity contribution in [3.8, 4) is 23.0 Å². The molecule has 1 N–H and O–H groups in total. The van der Waals surface area contributed by atoms with Crippen LogP contribution in [0.2, 0.25) is 0 Å². The van der Waals surface area contributed by atoms with Crippen LogP contribution in [0.4, 0.5) is 0 Å². The first-order valence-corrected chi connectivity index (χ1v) is 12.3. The number of carbonyl (C=O) groups excluding carboxylic acids is 1. The van der Waals surface area contributed by atoms with Gasteiger partial charge in [0.1, 0.15) is 23.9 Å². The van der Waals surface area contributed by atoms with E-state index in [1.54, 1.807) is 21.3 Å². The Hall–Kier alpha value is -4.20. The number of para-hydroxylation sites is 2. The molecular weight excluding hydrogens is 470 g/mol. The van der Waals surface area contributed by atoms with Crippen molar-refractivity contribution in [2.24, 2.45) is 0 Å². The number of ether oxygens (including phenoxy) is 4. The number of nitrogens with one attached hydrogen (secondary N) is 1. The van der Waals surface area contributed by atoms with Gasteiger partial charge in [-0.1, -0.05) is 24.3 Å². The lowest BCUT2D eigenvalue weighted by Crippen LogP contribution is -2.26. The molecule has 0 aliphatic rings. The second-order valence-corrected chi connectivity index (χ2v) is 8.52. The maximum atomic E-state index is 12.5. The molecule has 0 atom stereocenters. The number of amides is 1. The summed E-state index contributed by atoms with van der Waals surface area (Å²) in [6, 6.07) is 21.2.